The van der Waals surface area contributed by atoms with Gasteiger partial charge in [0.1, 0.15) is 12.2 Å². The summed E-state index contributed by atoms with van der Waals surface area (Å²) in [4.78, 5) is 16.8. The van der Waals surface area contributed by atoms with Crippen LogP contribution in [0.3, 0.4) is 0 Å². The van der Waals surface area contributed by atoms with Crippen molar-refractivity contribution in [2.45, 2.75) is 75.2 Å². The second-order valence-electron chi connectivity index (χ2n) is 12.4. The smallest absolute Gasteiger partial charge is 0.389 e. The summed E-state index contributed by atoms with van der Waals surface area (Å²) in [5.74, 6) is -2.88. The Morgan fingerprint density at radius 2 is 1.88 bits per heavy atom. The Kier molecular flexibility index (Phi) is 6.73. The van der Waals surface area contributed by atoms with Crippen molar-refractivity contribution < 1.29 is 31.9 Å². The molecule has 1 aromatic heterocycles. The number of nitrogens with zero attached hydrogens (tertiary/aromatic N) is 5. The maximum absolute atomic E-state index is 14.3. The molecule has 1 saturated carbocycles. The van der Waals surface area contributed by atoms with Crippen LogP contribution in [0.25, 0.3) is 0 Å². The van der Waals surface area contributed by atoms with Gasteiger partial charge in [-0.15, -0.1) is 10.2 Å². The number of amides is 1. The lowest BCUT2D eigenvalue weighted by Gasteiger charge is -2.48. The van der Waals surface area contributed by atoms with E-state index in [2.05, 4.69) is 10.2 Å². The number of carbonyl (C=O) groups is 1. The highest BCUT2D eigenvalue weighted by Gasteiger charge is 2.57. The van der Waals surface area contributed by atoms with Crippen LogP contribution in [0.1, 0.15) is 71.0 Å². The highest BCUT2D eigenvalue weighted by Crippen LogP contribution is 2.55. The van der Waals surface area contributed by atoms with Gasteiger partial charge in [0, 0.05) is 56.1 Å². The van der Waals surface area contributed by atoms with Gasteiger partial charge < -0.3 is 14.6 Å². The molecular formula is C30H32F5N5O2. The number of fused-ring (bicyclic) bond motifs is 1. The topological polar surface area (TPSA) is 74.5 Å². The van der Waals surface area contributed by atoms with E-state index in [0.717, 1.165) is 12.5 Å². The summed E-state index contributed by atoms with van der Waals surface area (Å²) >= 11 is 0. The second-order valence-corrected chi connectivity index (χ2v) is 12.4. The van der Waals surface area contributed by atoms with Crippen molar-refractivity contribution in [2.75, 3.05) is 18.0 Å². The molecule has 7 nitrogen and oxygen atoms in total. The first kappa shape index (κ1) is 28.7. The van der Waals surface area contributed by atoms with E-state index in [-0.39, 0.29) is 30.6 Å². The van der Waals surface area contributed by atoms with Gasteiger partial charge in [-0.2, -0.15) is 13.2 Å². The van der Waals surface area contributed by atoms with E-state index in [1.165, 1.54) is 17.3 Å². The molecule has 1 saturated heterocycles. The molecule has 3 heterocycles. The first-order valence-corrected chi connectivity index (χ1v) is 14.0. The van der Waals surface area contributed by atoms with Crippen molar-refractivity contribution in [2.24, 2.45) is 7.05 Å². The minimum absolute atomic E-state index is 0.0158. The summed E-state index contributed by atoms with van der Waals surface area (Å²) in [6.07, 6.45) is -2.45. The average molecular weight is 590 g/mol. The molecule has 0 unspecified atom stereocenters. The molecule has 3 aromatic rings. The molecule has 42 heavy (non-hydrogen) atoms. The van der Waals surface area contributed by atoms with E-state index in [0.29, 0.717) is 42.1 Å². The van der Waals surface area contributed by atoms with Gasteiger partial charge in [-0.3, -0.25) is 9.69 Å². The Labute approximate surface area is 239 Å². The highest BCUT2D eigenvalue weighted by atomic mass is 19.4. The van der Waals surface area contributed by atoms with E-state index in [4.69, 9.17) is 0 Å². The van der Waals surface area contributed by atoms with Crippen LogP contribution in [0.4, 0.5) is 27.6 Å². The minimum Gasteiger partial charge on any atom is -0.389 e. The fourth-order valence-electron chi connectivity index (χ4n) is 6.88. The van der Waals surface area contributed by atoms with Crippen LogP contribution in [-0.2, 0) is 38.1 Å². The fraction of sp³-hybridized carbons (Fsp3) is 0.500. The van der Waals surface area contributed by atoms with Gasteiger partial charge in [0.15, 0.2) is 0 Å². The third-order valence-corrected chi connectivity index (χ3v) is 8.83. The van der Waals surface area contributed by atoms with Gasteiger partial charge in [0.05, 0.1) is 17.7 Å². The number of aryl methyl sites for hydroxylation is 1. The number of hydrogen-bond acceptors (Lipinski definition) is 5. The molecule has 1 aliphatic carbocycles. The zero-order valence-electron chi connectivity index (χ0n) is 23.4. The van der Waals surface area contributed by atoms with Crippen LogP contribution >= 0.6 is 0 Å². The van der Waals surface area contributed by atoms with Gasteiger partial charge in [0.2, 0.25) is 5.92 Å². The first-order valence-electron chi connectivity index (χ1n) is 14.0. The number of halogens is 5. The lowest BCUT2D eigenvalue weighted by atomic mass is 9.60. The first-order chi connectivity index (χ1) is 19.6. The molecule has 2 fully saturated rings. The Morgan fingerprint density at radius 1 is 1.12 bits per heavy atom. The summed E-state index contributed by atoms with van der Waals surface area (Å²) < 4.78 is 73.0. The number of alkyl halides is 5. The van der Waals surface area contributed by atoms with Crippen molar-refractivity contribution in [3.8, 4) is 0 Å². The normalized spacial score (nSPS) is 23.6. The van der Waals surface area contributed by atoms with Gasteiger partial charge in [-0.1, -0.05) is 12.1 Å². The molecule has 2 aromatic carbocycles. The zero-order chi connectivity index (χ0) is 30.1. The number of aliphatic hydroxyl groups is 1. The van der Waals surface area contributed by atoms with Crippen molar-refractivity contribution in [1.82, 2.24) is 19.7 Å². The molecule has 12 heteroatoms. The third-order valence-electron chi connectivity index (χ3n) is 8.83. The van der Waals surface area contributed by atoms with Crippen LogP contribution in [0, 0.1) is 0 Å². The molecule has 0 spiro atoms. The molecule has 224 valence electrons. The molecular weight excluding hydrogens is 557 g/mol. The third kappa shape index (κ3) is 5.30. The van der Waals surface area contributed by atoms with Crippen LogP contribution in [0.5, 0.6) is 0 Å². The summed E-state index contributed by atoms with van der Waals surface area (Å²) in [6, 6.07) is 9.23. The van der Waals surface area contributed by atoms with E-state index in [9.17, 15) is 31.9 Å². The van der Waals surface area contributed by atoms with E-state index < -0.39 is 47.4 Å². The number of benzene rings is 2. The Hall–Kier alpha value is -3.38. The van der Waals surface area contributed by atoms with Gasteiger partial charge in [-0.25, -0.2) is 8.78 Å². The van der Waals surface area contributed by atoms with Crippen molar-refractivity contribution in [3.05, 3.63) is 76.4 Å². The molecule has 0 radical (unpaired) electrons. The van der Waals surface area contributed by atoms with E-state index in [1.807, 2.05) is 4.90 Å². The average Bonchev–Trinajstić information content (AvgIpc) is 3.43. The lowest BCUT2D eigenvalue weighted by Crippen LogP contribution is -2.51. The predicted molar refractivity (Wildman–Crippen MR) is 144 cm³/mol. The highest BCUT2D eigenvalue weighted by molar-refractivity contribution is 6.10. The molecule has 6 rings (SSSR count). The zero-order valence-corrected chi connectivity index (χ0v) is 23.4. The molecule has 1 N–H and O–H groups in total. The summed E-state index contributed by atoms with van der Waals surface area (Å²) in [7, 11) is 1.73. The molecule has 3 aliphatic rings. The lowest BCUT2D eigenvalue weighted by molar-refractivity contribution is -0.138. The summed E-state index contributed by atoms with van der Waals surface area (Å²) in [6.45, 7) is 2.57. The number of piperidine rings is 1. The van der Waals surface area contributed by atoms with E-state index >= 15 is 0 Å². The van der Waals surface area contributed by atoms with E-state index in [1.54, 1.807) is 42.8 Å². The second kappa shape index (κ2) is 9.84. The number of β-amino-alcohol motifs (C(OH)–C–C–N with tert-alkyl or cyclic N) is 1. The quantitative estimate of drug-likeness (QED) is 0.398. The van der Waals surface area contributed by atoms with Gasteiger partial charge in [-0.05, 0) is 67.3 Å². The monoisotopic (exact) mass is 589 g/mol. The summed E-state index contributed by atoms with van der Waals surface area (Å²) in [5.41, 5.74) is -1.57. The molecule has 1 amide bonds. The Morgan fingerprint density at radius 3 is 2.52 bits per heavy atom. The largest absolute Gasteiger partial charge is 0.416 e. The van der Waals surface area contributed by atoms with Crippen molar-refractivity contribution >= 4 is 11.6 Å². The number of anilines is 1. The number of aromatic nitrogens is 3. The number of rotatable bonds is 6. The maximum atomic E-state index is 14.3. The number of hydrogen-bond donors (Lipinski definition) is 1. The standard InChI is InChI=1S/C30H32F5N5O2/c1-27(42)7-4-8-39(17-27)13-19-9-22-23(24(10-19)30(33,34)35)14-40(26(22)41)21-6-3-5-20(11-21)28(15-29(31,32)16-28)12-25-37-36-18-38(25)2/h3,5-6,9-11,18,42H,4,7-8,12-17H2,1-2H3/t27-/m1/s1. The Balaban J connectivity index is 1.32. The fourth-order valence-corrected chi connectivity index (χ4v) is 6.88. The molecule has 0 bridgehead atoms. The number of likely N-dealkylation sites (tertiary alicyclic amines) is 1. The number of carbonyl (C=O) groups excluding carboxylic acids is 1. The molecule has 1 atom stereocenters. The SMILES string of the molecule is Cn1cnnc1CC1(c2cccc(N3Cc4c(cc(CN5CCC[C@@](C)(O)C5)cc4C(F)(F)F)C3=O)c2)CC(F)(F)C1. The van der Waals surface area contributed by atoms with Gasteiger partial charge >= 0.3 is 6.18 Å². The predicted octanol–water partition coefficient (Wildman–Crippen LogP) is 5.25. The molecule has 2 aliphatic heterocycles. The van der Waals surface area contributed by atoms with Crippen LogP contribution < -0.4 is 4.90 Å². The van der Waals surface area contributed by atoms with Crippen LogP contribution in [-0.4, -0.2) is 55.3 Å². The minimum atomic E-state index is -4.68. The van der Waals surface area contributed by atoms with Crippen molar-refractivity contribution in [3.63, 3.8) is 0 Å². The van der Waals surface area contributed by atoms with Gasteiger partial charge in [0.25, 0.3) is 5.91 Å². The summed E-state index contributed by atoms with van der Waals surface area (Å²) in [5, 5.41) is 18.4. The maximum Gasteiger partial charge on any atom is 0.416 e. The Bertz CT molecular complexity index is 1520. The van der Waals surface area contributed by atoms with Crippen LogP contribution in [0.2, 0.25) is 0 Å². The van der Waals surface area contributed by atoms with Crippen molar-refractivity contribution in [1.29, 1.82) is 0 Å². The van der Waals surface area contributed by atoms with Crippen LogP contribution in [0.15, 0.2) is 42.7 Å².